The molecule has 0 unspecified atom stereocenters. The topological polar surface area (TPSA) is 92.5 Å². The number of nitro benzene ring substituents is 1. The molecule has 1 aliphatic rings. The van der Waals surface area contributed by atoms with Gasteiger partial charge in [-0.25, -0.2) is 0 Å². The molecule has 1 saturated carbocycles. The number of amides is 1. The molecule has 6 nitrogen and oxygen atoms in total. The fourth-order valence-electron chi connectivity index (χ4n) is 2.55. The molecule has 0 aliphatic heterocycles. The fourth-order valence-corrected chi connectivity index (χ4v) is 2.55. The van der Waals surface area contributed by atoms with Crippen LogP contribution in [0.4, 0.5) is 5.69 Å². The van der Waals surface area contributed by atoms with E-state index in [1.165, 1.54) is 6.07 Å². The van der Waals surface area contributed by atoms with Gasteiger partial charge in [-0.3, -0.25) is 14.9 Å². The van der Waals surface area contributed by atoms with Crippen LogP contribution < -0.4 is 5.32 Å². The van der Waals surface area contributed by atoms with Gasteiger partial charge in [0.15, 0.2) is 0 Å². The number of para-hydroxylation sites is 1. The maximum atomic E-state index is 12.0. The van der Waals surface area contributed by atoms with Crippen molar-refractivity contribution in [3.8, 4) is 0 Å². The summed E-state index contributed by atoms with van der Waals surface area (Å²) >= 11 is 0. The quantitative estimate of drug-likeness (QED) is 0.645. The summed E-state index contributed by atoms with van der Waals surface area (Å²) in [7, 11) is 0. The summed E-state index contributed by atoms with van der Waals surface area (Å²) in [4.78, 5) is 22.3. The summed E-state index contributed by atoms with van der Waals surface area (Å²) in [6.45, 7) is 0. The van der Waals surface area contributed by atoms with Crippen molar-refractivity contribution >= 4 is 11.6 Å². The standard InChI is InChI=1S/C14H18N2O4/c17-13-8-4-2-6-11(13)15-14(18)9-10-5-1-3-7-12(10)16(19)20/h1,3,5,7,11,13,17H,2,4,6,8-9H2,(H,15,18)/t11-,13-/m1/s1. The Kier molecular flexibility index (Phi) is 4.68. The first-order valence-corrected chi connectivity index (χ1v) is 6.77. The molecule has 20 heavy (non-hydrogen) atoms. The zero-order valence-corrected chi connectivity index (χ0v) is 11.1. The molecule has 0 spiro atoms. The Morgan fingerprint density at radius 1 is 1.35 bits per heavy atom. The minimum absolute atomic E-state index is 0.0413. The zero-order valence-electron chi connectivity index (χ0n) is 11.1. The molecule has 6 heteroatoms. The van der Waals surface area contributed by atoms with E-state index in [-0.39, 0.29) is 24.1 Å². The fraction of sp³-hybridized carbons (Fsp3) is 0.500. The number of carbonyl (C=O) groups excluding carboxylic acids is 1. The molecule has 0 saturated heterocycles. The van der Waals surface area contributed by atoms with Crippen molar-refractivity contribution in [3.05, 3.63) is 39.9 Å². The van der Waals surface area contributed by atoms with Crippen molar-refractivity contribution in [2.24, 2.45) is 0 Å². The third-order valence-electron chi connectivity index (χ3n) is 3.62. The Balaban J connectivity index is 1.99. The molecule has 0 heterocycles. The first-order chi connectivity index (χ1) is 9.58. The largest absolute Gasteiger partial charge is 0.391 e. The molecule has 2 rings (SSSR count). The number of hydrogen-bond donors (Lipinski definition) is 2. The van der Waals surface area contributed by atoms with E-state index in [0.717, 1.165) is 19.3 Å². The van der Waals surface area contributed by atoms with Crippen molar-refractivity contribution in [2.75, 3.05) is 0 Å². The molecule has 1 aromatic carbocycles. The molecule has 0 aromatic heterocycles. The Bertz CT molecular complexity index is 504. The Hall–Kier alpha value is -1.95. The van der Waals surface area contributed by atoms with Crippen molar-refractivity contribution in [3.63, 3.8) is 0 Å². The highest BCUT2D eigenvalue weighted by atomic mass is 16.6. The van der Waals surface area contributed by atoms with Crippen molar-refractivity contribution in [2.45, 2.75) is 44.2 Å². The van der Waals surface area contributed by atoms with E-state index in [1.54, 1.807) is 18.2 Å². The van der Waals surface area contributed by atoms with Crippen LogP contribution in [0.2, 0.25) is 0 Å². The maximum absolute atomic E-state index is 12.0. The van der Waals surface area contributed by atoms with E-state index < -0.39 is 11.0 Å². The number of nitrogens with one attached hydrogen (secondary N) is 1. The highest BCUT2D eigenvalue weighted by Gasteiger charge is 2.25. The number of rotatable bonds is 4. The van der Waals surface area contributed by atoms with Crippen LogP contribution in [0, 0.1) is 10.1 Å². The maximum Gasteiger partial charge on any atom is 0.273 e. The minimum atomic E-state index is -0.515. The van der Waals surface area contributed by atoms with Gasteiger partial charge in [0, 0.05) is 11.6 Å². The third-order valence-corrected chi connectivity index (χ3v) is 3.62. The first-order valence-electron chi connectivity index (χ1n) is 6.77. The lowest BCUT2D eigenvalue weighted by Gasteiger charge is -2.28. The predicted molar refractivity (Wildman–Crippen MR) is 73.2 cm³/mol. The summed E-state index contributed by atoms with van der Waals surface area (Å²) in [6, 6.07) is 5.97. The second kappa shape index (κ2) is 6.47. The first kappa shape index (κ1) is 14.5. The molecule has 108 valence electrons. The van der Waals surface area contributed by atoms with Gasteiger partial charge in [-0.2, -0.15) is 0 Å². The lowest BCUT2D eigenvalue weighted by atomic mass is 9.92. The number of nitro groups is 1. The molecule has 1 fully saturated rings. The number of aliphatic hydroxyl groups excluding tert-OH is 1. The van der Waals surface area contributed by atoms with E-state index in [0.29, 0.717) is 12.0 Å². The summed E-state index contributed by atoms with van der Waals surface area (Å²) in [5.74, 6) is -0.287. The molecule has 0 radical (unpaired) electrons. The van der Waals surface area contributed by atoms with Gasteiger partial charge < -0.3 is 10.4 Å². The number of nitrogens with zero attached hydrogens (tertiary/aromatic N) is 1. The van der Waals surface area contributed by atoms with Crippen LogP contribution in [-0.2, 0) is 11.2 Å². The summed E-state index contributed by atoms with van der Waals surface area (Å²) < 4.78 is 0. The van der Waals surface area contributed by atoms with E-state index >= 15 is 0 Å². The summed E-state index contributed by atoms with van der Waals surface area (Å²) in [5, 5.41) is 23.5. The van der Waals surface area contributed by atoms with Crippen molar-refractivity contribution in [1.29, 1.82) is 0 Å². The van der Waals surface area contributed by atoms with Gasteiger partial charge in [-0.05, 0) is 12.8 Å². The van der Waals surface area contributed by atoms with Gasteiger partial charge in [0.25, 0.3) is 5.69 Å². The Morgan fingerprint density at radius 3 is 2.75 bits per heavy atom. The van der Waals surface area contributed by atoms with Crippen molar-refractivity contribution in [1.82, 2.24) is 5.32 Å². The monoisotopic (exact) mass is 278 g/mol. The van der Waals surface area contributed by atoms with Gasteiger partial charge in [0.05, 0.1) is 23.5 Å². The van der Waals surface area contributed by atoms with Crippen LogP contribution in [0.15, 0.2) is 24.3 Å². The molecular formula is C14H18N2O4. The molecule has 1 aromatic rings. The summed E-state index contributed by atoms with van der Waals surface area (Å²) in [6.07, 6.45) is 2.84. The van der Waals surface area contributed by atoms with Gasteiger partial charge in [-0.15, -0.1) is 0 Å². The minimum Gasteiger partial charge on any atom is -0.391 e. The highest BCUT2D eigenvalue weighted by Crippen LogP contribution is 2.20. The van der Waals surface area contributed by atoms with E-state index in [1.807, 2.05) is 0 Å². The Labute approximate surface area is 117 Å². The van der Waals surface area contributed by atoms with Crippen LogP contribution in [0.5, 0.6) is 0 Å². The SMILES string of the molecule is O=C(Cc1ccccc1[N+](=O)[O-])N[C@@H]1CCCC[C@H]1O. The number of hydrogen-bond acceptors (Lipinski definition) is 4. The van der Waals surface area contributed by atoms with E-state index in [4.69, 9.17) is 0 Å². The van der Waals surface area contributed by atoms with Gasteiger partial charge in [-0.1, -0.05) is 31.0 Å². The second-order valence-electron chi connectivity index (χ2n) is 5.09. The van der Waals surface area contributed by atoms with Crippen molar-refractivity contribution < 1.29 is 14.8 Å². The Morgan fingerprint density at radius 2 is 2.05 bits per heavy atom. The third kappa shape index (κ3) is 3.54. The number of carbonyl (C=O) groups is 1. The lowest BCUT2D eigenvalue weighted by molar-refractivity contribution is -0.385. The van der Waals surface area contributed by atoms with Gasteiger partial charge in [0.1, 0.15) is 0 Å². The van der Waals surface area contributed by atoms with E-state index in [9.17, 15) is 20.0 Å². The van der Waals surface area contributed by atoms with Crippen LogP contribution >= 0.6 is 0 Å². The lowest BCUT2D eigenvalue weighted by Crippen LogP contribution is -2.45. The average molecular weight is 278 g/mol. The van der Waals surface area contributed by atoms with Crippen LogP contribution in [0.1, 0.15) is 31.2 Å². The normalized spacial score (nSPS) is 22.2. The zero-order chi connectivity index (χ0) is 14.5. The van der Waals surface area contributed by atoms with Gasteiger partial charge in [0.2, 0.25) is 5.91 Å². The molecular weight excluding hydrogens is 260 g/mol. The van der Waals surface area contributed by atoms with Gasteiger partial charge >= 0.3 is 0 Å². The second-order valence-corrected chi connectivity index (χ2v) is 5.09. The van der Waals surface area contributed by atoms with Crippen LogP contribution in [0.25, 0.3) is 0 Å². The number of aliphatic hydroxyl groups is 1. The molecule has 0 bridgehead atoms. The molecule has 2 N–H and O–H groups in total. The molecule has 1 aliphatic carbocycles. The number of benzene rings is 1. The smallest absolute Gasteiger partial charge is 0.273 e. The summed E-state index contributed by atoms with van der Waals surface area (Å²) in [5.41, 5.74) is 0.340. The van der Waals surface area contributed by atoms with E-state index in [2.05, 4.69) is 5.32 Å². The molecule has 2 atom stereocenters. The van der Waals surface area contributed by atoms with Crippen LogP contribution in [0.3, 0.4) is 0 Å². The molecule has 1 amide bonds. The predicted octanol–water partition coefficient (Wildman–Crippen LogP) is 1.56. The van der Waals surface area contributed by atoms with Crippen LogP contribution in [-0.4, -0.2) is 28.1 Å². The highest BCUT2D eigenvalue weighted by molar-refractivity contribution is 5.80. The average Bonchev–Trinajstić information content (AvgIpc) is 2.41.